The molecule has 0 saturated carbocycles. The number of hydrogen-bond acceptors (Lipinski definition) is 5. The molecule has 1 amide bonds. The van der Waals surface area contributed by atoms with Crippen LogP contribution in [0.3, 0.4) is 0 Å². The lowest BCUT2D eigenvalue weighted by Crippen LogP contribution is -2.41. The topological polar surface area (TPSA) is 106 Å². The largest absolute Gasteiger partial charge is 0.425 e. The van der Waals surface area contributed by atoms with Gasteiger partial charge in [-0.1, -0.05) is 24.3 Å². The van der Waals surface area contributed by atoms with Crippen LogP contribution in [0.4, 0.5) is 0 Å². The highest BCUT2D eigenvalue weighted by molar-refractivity contribution is 5.94. The molecule has 210 valence electrons. The Labute approximate surface area is 241 Å². The van der Waals surface area contributed by atoms with Crippen molar-refractivity contribution < 1.29 is 9.53 Å². The third kappa shape index (κ3) is 6.09. The molecule has 0 bridgehead atoms. The maximum atomic E-state index is 13.5. The molecule has 0 spiro atoms. The van der Waals surface area contributed by atoms with Crippen LogP contribution < -0.4 is 10.1 Å². The number of fused-ring (bicyclic) bond motifs is 1. The summed E-state index contributed by atoms with van der Waals surface area (Å²) in [5.74, 6) is 0.765. The fourth-order valence-corrected chi connectivity index (χ4v) is 5.57. The molecule has 41 heavy (non-hydrogen) atoms. The van der Waals surface area contributed by atoms with Crippen molar-refractivity contribution in [3.8, 4) is 23.2 Å². The minimum absolute atomic E-state index is 0.147. The number of aryl methyl sites for hydroxylation is 2. The monoisotopic (exact) mass is 548 g/mol. The van der Waals surface area contributed by atoms with Gasteiger partial charge in [0, 0.05) is 53.2 Å². The minimum atomic E-state index is -0.650. The van der Waals surface area contributed by atoms with Crippen LogP contribution in [0.5, 0.6) is 5.75 Å². The molecule has 2 aromatic heterocycles. The number of likely N-dealkylation sites (tertiary alicyclic amines) is 1. The molecule has 0 radical (unpaired) electrons. The Morgan fingerprint density at radius 3 is 2.49 bits per heavy atom. The first-order chi connectivity index (χ1) is 19.8. The predicted molar refractivity (Wildman–Crippen MR) is 162 cm³/mol. The lowest BCUT2D eigenvalue weighted by atomic mass is 9.82. The van der Waals surface area contributed by atoms with Gasteiger partial charge < -0.3 is 14.6 Å². The van der Waals surface area contributed by atoms with Crippen LogP contribution in [0.25, 0.3) is 22.2 Å². The average Bonchev–Trinajstić information content (AvgIpc) is 3.61. The number of amides is 1. The van der Waals surface area contributed by atoms with E-state index in [1.165, 1.54) is 0 Å². The van der Waals surface area contributed by atoms with E-state index >= 15 is 0 Å². The molecular weight excluding hydrogens is 512 g/mol. The van der Waals surface area contributed by atoms with Gasteiger partial charge in [0.1, 0.15) is 5.75 Å². The van der Waals surface area contributed by atoms with Crippen LogP contribution in [-0.2, 0) is 16.6 Å². The normalized spacial score (nSPS) is 13.8. The summed E-state index contributed by atoms with van der Waals surface area (Å²) in [5.41, 5.74) is 6.36. The number of rotatable bonds is 7. The van der Waals surface area contributed by atoms with Crippen molar-refractivity contribution in [1.82, 2.24) is 20.2 Å². The number of hydrogen-bond donors (Lipinski definition) is 2. The molecule has 1 fully saturated rings. The highest BCUT2D eigenvalue weighted by Crippen LogP contribution is 2.35. The van der Waals surface area contributed by atoms with Gasteiger partial charge >= 0.3 is 6.02 Å². The summed E-state index contributed by atoms with van der Waals surface area (Å²) in [6, 6.07) is 19.8. The molecule has 4 aromatic rings. The molecule has 3 heterocycles. The van der Waals surface area contributed by atoms with E-state index < -0.39 is 5.41 Å². The van der Waals surface area contributed by atoms with Crippen molar-refractivity contribution in [2.24, 2.45) is 4.99 Å². The van der Waals surface area contributed by atoms with Crippen molar-refractivity contribution in [2.75, 3.05) is 19.6 Å². The number of benzene rings is 2. The molecule has 8 nitrogen and oxygen atoms in total. The number of amidine groups is 1. The number of aromatic nitrogens is 2. The summed E-state index contributed by atoms with van der Waals surface area (Å²) in [5, 5.41) is 12.9. The van der Waals surface area contributed by atoms with Gasteiger partial charge in [0.2, 0.25) is 5.91 Å². The smallest absolute Gasteiger partial charge is 0.303 e. The van der Waals surface area contributed by atoms with E-state index in [0.717, 1.165) is 70.6 Å². The van der Waals surface area contributed by atoms with Crippen LogP contribution in [-0.4, -0.2) is 46.4 Å². The van der Waals surface area contributed by atoms with Gasteiger partial charge in [-0.3, -0.25) is 9.78 Å². The van der Waals surface area contributed by atoms with Crippen molar-refractivity contribution in [3.63, 3.8) is 0 Å². The first kappa shape index (κ1) is 27.9. The van der Waals surface area contributed by atoms with E-state index in [1.807, 2.05) is 69.1 Å². The zero-order valence-electron chi connectivity index (χ0n) is 24.1. The van der Waals surface area contributed by atoms with E-state index in [2.05, 4.69) is 50.6 Å². The molecule has 1 aliphatic heterocycles. The first-order valence-electron chi connectivity index (χ1n) is 14.1. The Bertz CT molecular complexity index is 1600. The van der Waals surface area contributed by atoms with Crippen LogP contribution in [0.2, 0.25) is 0 Å². The number of H-pyrrole nitrogens is 1. The number of carbonyl (C=O) groups excluding carboxylic acids is 1. The second kappa shape index (κ2) is 11.8. The number of aromatic amines is 1. The zero-order valence-corrected chi connectivity index (χ0v) is 24.1. The number of pyridine rings is 1. The summed E-state index contributed by atoms with van der Waals surface area (Å²) in [6.07, 6.45) is 4.63. The number of ether oxygens (including phenoxy) is 1. The second-order valence-corrected chi connectivity index (χ2v) is 11.1. The highest BCUT2D eigenvalue weighted by atomic mass is 16.5. The van der Waals surface area contributed by atoms with Gasteiger partial charge in [-0.15, -0.1) is 0 Å². The number of para-hydroxylation sites is 1. The van der Waals surface area contributed by atoms with E-state index in [-0.39, 0.29) is 11.9 Å². The molecule has 2 aromatic carbocycles. The van der Waals surface area contributed by atoms with Crippen LogP contribution in [0.1, 0.15) is 49.2 Å². The quantitative estimate of drug-likeness (QED) is 0.132. The fourth-order valence-electron chi connectivity index (χ4n) is 5.57. The van der Waals surface area contributed by atoms with E-state index in [1.54, 1.807) is 0 Å². The number of nitrogens with one attached hydrogen (secondary N) is 2. The van der Waals surface area contributed by atoms with Crippen molar-refractivity contribution in [3.05, 3.63) is 83.2 Å². The molecular formula is C33H36N6O2. The maximum absolute atomic E-state index is 13.5. The fraction of sp³-hybridized carbons (Fsp3) is 0.333. The Hall–Kier alpha value is -4.64. The predicted octanol–water partition coefficient (Wildman–Crippen LogP) is 5.79. The average molecular weight is 549 g/mol. The lowest BCUT2D eigenvalue weighted by molar-refractivity contribution is -0.135. The molecule has 2 N–H and O–H groups in total. The lowest BCUT2D eigenvalue weighted by Gasteiger charge is -2.29. The van der Waals surface area contributed by atoms with Gasteiger partial charge in [0.25, 0.3) is 0 Å². The maximum Gasteiger partial charge on any atom is 0.303 e. The number of carbonyl (C=O) groups is 1. The number of aliphatic imine (C=N–C) groups is 1. The molecule has 8 heteroatoms. The second-order valence-electron chi connectivity index (χ2n) is 11.1. The molecule has 0 atom stereocenters. The molecule has 0 unspecified atom stereocenters. The molecule has 1 aliphatic rings. The minimum Gasteiger partial charge on any atom is -0.425 e. The third-order valence-electron chi connectivity index (χ3n) is 7.66. The van der Waals surface area contributed by atoms with Crippen molar-refractivity contribution >= 4 is 22.8 Å². The van der Waals surface area contributed by atoms with Crippen molar-refractivity contribution in [2.45, 2.75) is 52.4 Å². The summed E-state index contributed by atoms with van der Waals surface area (Å²) in [4.78, 5) is 28.3. The molecule has 1 saturated heterocycles. The third-order valence-corrected chi connectivity index (χ3v) is 7.66. The Kier molecular flexibility index (Phi) is 8.06. The van der Waals surface area contributed by atoms with Crippen molar-refractivity contribution in [1.29, 1.82) is 5.26 Å². The number of nitriles is 1. The standard InChI is InChI=1S/C33H36N6O2/c1-22-18-24(19-23(2)37-22)30-27(14-15-35-32(36-21-34)41-26-10-6-5-7-11-26)28-20-25(12-13-29(28)38-30)33(3,4)31(40)39-16-8-9-17-39/h5-7,10-13,18-20,38H,8-9,14-17H2,1-4H3,(H,35,36). The van der Waals surface area contributed by atoms with Crippen LogP contribution in [0.15, 0.2) is 65.7 Å². The van der Waals surface area contributed by atoms with Gasteiger partial charge in [-0.05, 0) is 94.5 Å². The van der Waals surface area contributed by atoms with Crippen LogP contribution in [0, 0.1) is 25.3 Å². The summed E-state index contributed by atoms with van der Waals surface area (Å²) >= 11 is 0. The SMILES string of the molecule is Cc1cc(-c2[nH]c3ccc(C(C)(C)C(=O)N4CCCC4)cc3c2CCN=C(NC#N)Oc2ccccc2)cc(C)n1. The van der Waals surface area contributed by atoms with Gasteiger partial charge in [-0.2, -0.15) is 5.26 Å². The summed E-state index contributed by atoms with van der Waals surface area (Å²) in [7, 11) is 0. The molecule has 0 aliphatic carbocycles. The molecule has 5 rings (SSSR count). The number of nitrogens with zero attached hydrogens (tertiary/aromatic N) is 4. The van der Waals surface area contributed by atoms with Crippen LogP contribution >= 0.6 is 0 Å². The van der Waals surface area contributed by atoms with Gasteiger partial charge in [0.05, 0.1) is 5.41 Å². The summed E-state index contributed by atoms with van der Waals surface area (Å²) < 4.78 is 5.81. The van der Waals surface area contributed by atoms with E-state index in [9.17, 15) is 10.1 Å². The Morgan fingerprint density at radius 2 is 1.80 bits per heavy atom. The Balaban J connectivity index is 1.53. The summed E-state index contributed by atoms with van der Waals surface area (Å²) in [6.45, 7) is 10.1. The van der Waals surface area contributed by atoms with Gasteiger partial charge in [-0.25, -0.2) is 10.3 Å². The highest BCUT2D eigenvalue weighted by Gasteiger charge is 2.35. The Morgan fingerprint density at radius 1 is 1.10 bits per heavy atom. The van der Waals surface area contributed by atoms with Gasteiger partial charge in [0.15, 0.2) is 6.19 Å². The van der Waals surface area contributed by atoms with E-state index in [4.69, 9.17) is 4.74 Å². The van der Waals surface area contributed by atoms with E-state index in [0.29, 0.717) is 18.7 Å². The zero-order chi connectivity index (χ0) is 29.0. The first-order valence-corrected chi connectivity index (χ1v) is 14.1.